The van der Waals surface area contributed by atoms with E-state index in [1.807, 2.05) is 38.1 Å². The van der Waals surface area contributed by atoms with Crippen LogP contribution in [0.4, 0.5) is 5.69 Å². The van der Waals surface area contributed by atoms with Crippen molar-refractivity contribution in [2.45, 2.75) is 39.7 Å². The first-order valence-corrected chi connectivity index (χ1v) is 7.56. The number of rotatable bonds is 6. The summed E-state index contributed by atoms with van der Waals surface area (Å²) in [6.07, 6.45) is 1.18. The van der Waals surface area contributed by atoms with E-state index in [0.29, 0.717) is 13.0 Å². The second-order valence-electron chi connectivity index (χ2n) is 4.75. The van der Waals surface area contributed by atoms with Crippen molar-refractivity contribution in [3.05, 3.63) is 28.7 Å². The molecule has 4 nitrogen and oxygen atoms in total. The fraction of sp³-hybridized carbons (Fsp3) is 0.467. The van der Waals surface area contributed by atoms with Gasteiger partial charge >= 0.3 is 0 Å². The molecule has 0 heterocycles. The van der Waals surface area contributed by atoms with E-state index in [0.717, 1.165) is 16.6 Å². The minimum Gasteiger partial charge on any atom is -0.340 e. The third-order valence-corrected chi connectivity index (χ3v) is 3.95. The number of hydrogen-bond donors (Lipinski definition) is 1. The zero-order valence-corrected chi connectivity index (χ0v) is 13.7. The number of nitrogens with zero attached hydrogens (tertiary/aromatic N) is 1. The van der Waals surface area contributed by atoms with Crippen molar-refractivity contribution < 1.29 is 9.59 Å². The van der Waals surface area contributed by atoms with Crippen molar-refractivity contribution in [3.63, 3.8) is 0 Å². The molecule has 2 amide bonds. The van der Waals surface area contributed by atoms with Crippen molar-refractivity contribution in [2.75, 3.05) is 11.9 Å². The summed E-state index contributed by atoms with van der Waals surface area (Å²) in [7, 11) is 0. The molecule has 1 unspecified atom stereocenters. The van der Waals surface area contributed by atoms with Crippen LogP contribution in [0, 0.1) is 0 Å². The van der Waals surface area contributed by atoms with E-state index < -0.39 is 0 Å². The Kier molecular flexibility index (Phi) is 6.71. The number of carbonyl (C=O) groups is 2. The third kappa shape index (κ3) is 4.96. The Balaban J connectivity index is 2.54. The number of para-hydroxylation sites is 1. The van der Waals surface area contributed by atoms with Gasteiger partial charge in [-0.15, -0.1) is 0 Å². The summed E-state index contributed by atoms with van der Waals surface area (Å²) in [5, 5.41) is 2.84. The summed E-state index contributed by atoms with van der Waals surface area (Å²) in [5.41, 5.74) is 0.746. The van der Waals surface area contributed by atoms with E-state index in [9.17, 15) is 9.59 Å². The van der Waals surface area contributed by atoms with Crippen LogP contribution in [0.25, 0.3) is 0 Å². The van der Waals surface area contributed by atoms with Gasteiger partial charge in [-0.05, 0) is 41.4 Å². The van der Waals surface area contributed by atoms with E-state index in [1.54, 1.807) is 4.90 Å². The van der Waals surface area contributed by atoms with E-state index in [-0.39, 0.29) is 17.9 Å². The molecule has 0 radical (unpaired) electrons. The summed E-state index contributed by atoms with van der Waals surface area (Å²) in [5.74, 6) is -0.0838. The average molecular weight is 341 g/mol. The monoisotopic (exact) mass is 340 g/mol. The first kappa shape index (κ1) is 16.7. The molecule has 0 aliphatic carbocycles. The van der Waals surface area contributed by atoms with Crippen LogP contribution in [-0.4, -0.2) is 29.3 Å². The number of carbonyl (C=O) groups excluding carboxylic acids is 2. The van der Waals surface area contributed by atoms with Crippen LogP contribution in [0.15, 0.2) is 28.7 Å². The lowest BCUT2D eigenvalue weighted by Gasteiger charge is -2.27. The van der Waals surface area contributed by atoms with Gasteiger partial charge in [0.25, 0.3) is 0 Å². The van der Waals surface area contributed by atoms with E-state index in [2.05, 4.69) is 21.2 Å². The normalized spacial score (nSPS) is 11.8. The van der Waals surface area contributed by atoms with Gasteiger partial charge in [-0.3, -0.25) is 9.59 Å². The van der Waals surface area contributed by atoms with Crippen LogP contribution < -0.4 is 5.32 Å². The Hall–Kier alpha value is -1.36. The molecule has 0 bridgehead atoms. The second kappa shape index (κ2) is 8.04. The van der Waals surface area contributed by atoms with Gasteiger partial charge in [-0.2, -0.15) is 0 Å². The third-order valence-electron chi connectivity index (χ3n) is 3.26. The highest BCUT2D eigenvalue weighted by molar-refractivity contribution is 9.10. The van der Waals surface area contributed by atoms with Gasteiger partial charge in [-0.1, -0.05) is 19.1 Å². The highest BCUT2D eigenvalue weighted by atomic mass is 79.9. The van der Waals surface area contributed by atoms with Crippen molar-refractivity contribution in [1.29, 1.82) is 0 Å². The molecule has 1 rings (SSSR count). The van der Waals surface area contributed by atoms with Crippen LogP contribution in [-0.2, 0) is 9.59 Å². The van der Waals surface area contributed by atoms with Gasteiger partial charge in [0.15, 0.2) is 0 Å². The molecule has 0 saturated carbocycles. The number of benzene rings is 1. The van der Waals surface area contributed by atoms with Crippen molar-refractivity contribution in [1.82, 2.24) is 4.90 Å². The fourth-order valence-electron chi connectivity index (χ4n) is 1.91. The van der Waals surface area contributed by atoms with Gasteiger partial charge in [0.1, 0.15) is 0 Å². The van der Waals surface area contributed by atoms with Gasteiger partial charge in [0, 0.05) is 30.4 Å². The maximum Gasteiger partial charge on any atom is 0.226 e. The van der Waals surface area contributed by atoms with Gasteiger partial charge in [-0.25, -0.2) is 0 Å². The maximum atomic E-state index is 11.9. The summed E-state index contributed by atoms with van der Waals surface area (Å²) >= 11 is 3.38. The predicted molar refractivity (Wildman–Crippen MR) is 84.5 cm³/mol. The van der Waals surface area contributed by atoms with Gasteiger partial charge in [0.05, 0.1) is 5.69 Å². The molecule has 0 fully saturated rings. The molecule has 1 aromatic carbocycles. The summed E-state index contributed by atoms with van der Waals surface area (Å²) in [4.78, 5) is 25.2. The zero-order valence-electron chi connectivity index (χ0n) is 12.1. The Morgan fingerprint density at radius 1 is 1.35 bits per heavy atom. The van der Waals surface area contributed by atoms with Crippen LogP contribution in [0.5, 0.6) is 0 Å². The van der Waals surface area contributed by atoms with Gasteiger partial charge < -0.3 is 10.2 Å². The Morgan fingerprint density at radius 2 is 2.00 bits per heavy atom. The minimum absolute atomic E-state index is 0.00745. The molecule has 20 heavy (non-hydrogen) atoms. The van der Waals surface area contributed by atoms with Crippen molar-refractivity contribution >= 4 is 33.4 Å². The second-order valence-corrected chi connectivity index (χ2v) is 5.60. The number of anilines is 1. The Labute approximate surface area is 128 Å². The number of hydrogen-bond acceptors (Lipinski definition) is 2. The lowest BCUT2D eigenvalue weighted by molar-refractivity contribution is -0.131. The molecule has 5 heteroatoms. The highest BCUT2D eigenvalue weighted by Gasteiger charge is 2.16. The molecule has 0 aromatic heterocycles. The van der Waals surface area contributed by atoms with E-state index in [4.69, 9.17) is 0 Å². The SMILES string of the molecule is CCC(C)N(CCC(=O)Nc1ccccc1Br)C(C)=O. The van der Waals surface area contributed by atoms with E-state index in [1.165, 1.54) is 6.92 Å². The summed E-state index contributed by atoms with van der Waals surface area (Å²) in [6.45, 7) is 6.01. The van der Waals surface area contributed by atoms with Crippen LogP contribution in [0.3, 0.4) is 0 Å². The molecular formula is C15H21BrN2O2. The quantitative estimate of drug-likeness (QED) is 0.862. The Bertz CT molecular complexity index is 477. The molecule has 0 aliphatic heterocycles. The van der Waals surface area contributed by atoms with Crippen LogP contribution in [0.2, 0.25) is 0 Å². The largest absolute Gasteiger partial charge is 0.340 e. The topological polar surface area (TPSA) is 49.4 Å². The standard InChI is InChI=1S/C15H21BrN2O2/c1-4-11(2)18(12(3)19)10-9-15(20)17-14-8-6-5-7-13(14)16/h5-8,11H,4,9-10H2,1-3H3,(H,17,20). The number of amides is 2. The molecule has 0 aliphatic rings. The lowest BCUT2D eigenvalue weighted by atomic mass is 10.2. The molecule has 1 N–H and O–H groups in total. The number of halogens is 1. The van der Waals surface area contributed by atoms with E-state index >= 15 is 0 Å². The average Bonchev–Trinajstić information content (AvgIpc) is 2.41. The fourth-order valence-corrected chi connectivity index (χ4v) is 2.29. The first-order chi connectivity index (χ1) is 9.45. The van der Waals surface area contributed by atoms with Crippen LogP contribution in [0.1, 0.15) is 33.6 Å². The Morgan fingerprint density at radius 3 is 2.55 bits per heavy atom. The molecule has 0 saturated heterocycles. The highest BCUT2D eigenvalue weighted by Crippen LogP contribution is 2.21. The van der Waals surface area contributed by atoms with Gasteiger partial charge in [0.2, 0.25) is 11.8 Å². The predicted octanol–water partition coefficient (Wildman–Crippen LogP) is 3.42. The zero-order chi connectivity index (χ0) is 15.1. The number of nitrogens with one attached hydrogen (secondary N) is 1. The molecule has 110 valence electrons. The summed E-state index contributed by atoms with van der Waals surface area (Å²) in [6, 6.07) is 7.61. The van der Waals surface area contributed by atoms with Crippen LogP contribution >= 0.6 is 15.9 Å². The summed E-state index contributed by atoms with van der Waals surface area (Å²) < 4.78 is 0.846. The lowest BCUT2D eigenvalue weighted by Crippen LogP contribution is -2.38. The molecule has 0 spiro atoms. The smallest absolute Gasteiger partial charge is 0.226 e. The first-order valence-electron chi connectivity index (χ1n) is 6.77. The molecule has 1 aromatic rings. The minimum atomic E-state index is -0.0912. The molecule has 1 atom stereocenters. The molecular weight excluding hydrogens is 320 g/mol. The van der Waals surface area contributed by atoms with Crippen molar-refractivity contribution in [3.8, 4) is 0 Å². The van der Waals surface area contributed by atoms with Crippen molar-refractivity contribution in [2.24, 2.45) is 0 Å². The maximum absolute atomic E-state index is 11.9.